The summed E-state index contributed by atoms with van der Waals surface area (Å²) in [6.07, 6.45) is 4.10. The summed E-state index contributed by atoms with van der Waals surface area (Å²) in [5, 5.41) is 0. The molecule has 0 spiro atoms. The van der Waals surface area contributed by atoms with Gasteiger partial charge in [0.2, 0.25) is 5.91 Å². The number of likely N-dealkylation sites (tertiary alicyclic amines) is 1. The second kappa shape index (κ2) is 9.64. The van der Waals surface area contributed by atoms with Crippen molar-refractivity contribution < 1.29 is 14.3 Å². The van der Waals surface area contributed by atoms with E-state index in [1.807, 2.05) is 17.0 Å². The fourth-order valence-corrected chi connectivity index (χ4v) is 4.63. The van der Waals surface area contributed by atoms with Crippen LogP contribution in [0.25, 0.3) is 0 Å². The highest BCUT2D eigenvalue weighted by Crippen LogP contribution is 2.32. The number of aryl methyl sites for hydroxylation is 1. The highest BCUT2D eigenvalue weighted by Gasteiger charge is 2.29. The highest BCUT2D eigenvalue weighted by molar-refractivity contribution is 5.77. The molecule has 166 valence electrons. The van der Waals surface area contributed by atoms with Crippen molar-refractivity contribution in [1.29, 1.82) is 0 Å². The number of anilines is 1. The Morgan fingerprint density at radius 1 is 1.13 bits per heavy atom. The number of aromatic nitrogens is 2. The average Bonchev–Trinajstić information content (AvgIpc) is 2.80. The number of ether oxygens (including phenoxy) is 2. The van der Waals surface area contributed by atoms with Crippen LogP contribution in [0, 0.1) is 6.92 Å². The van der Waals surface area contributed by atoms with E-state index in [2.05, 4.69) is 24.0 Å². The molecule has 1 amide bonds. The van der Waals surface area contributed by atoms with Crippen LogP contribution in [0.4, 0.5) is 5.82 Å². The van der Waals surface area contributed by atoms with Gasteiger partial charge in [-0.15, -0.1) is 0 Å². The van der Waals surface area contributed by atoms with Crippen molar-refractivity contribution in [1.82, 2.24) is 14.9 Å². The zero-order valence-corrected chi connectivity index (χ0v) is 18.8. The minimum absolute atomic E-state index is 0.0445. The summed E-state index contributed by atoms with van der Waals surface area (Å²) in [5.41, 5.74) is 3.56. The molecule has 1 fully saturated rings. The molecule has 7 heteroatoms. The lowest BCUT2D eigenvalue weighted by Gasteiger charge is -2.34. The molecule has 1 unspecified atom stereocenters. The zero-order chi connectivity index (χ0) is 21.8. The molecule has 1 saturated heterocycles. The Balaban J connectivity index is 1.57. The number of carbonyl (C=O) groups is 1. The minimum Gasteiger partial charge on any atom is -0.497 e. The molecule has 7 nitrogen and oxygen atoms in total. The molecule has 4 rings (SSSR count). The standard InChI is InChI=1S/C24H32N4O3/c1-17-21-7-5-13-28(14-18-8-10-20(31-3)11-9-18)24(21)26-23(25-17)19-6-4-12-27(15-19)22(29)16-30-2/h8-11,19H,4-7,12-16H2,1-3H3. The first-order valence-corrected chi connectivity index (χ1v) is 11.1. The molecule has 31 heavy (non-hydrogen) atoms. The fourth-order valence-electron chi connectivity index (χ4n) is 4.63. The second-order valence-corrected chi connectivity index (χ2v) is 8.45. The zero-order valence-electron chi connectivity index (χ0n) is 18.8. The fraction of sp³-hybridized carbons (Fsp3) is 0.542. The molecule has 0 N–H and O–H groups in total. The average molecular weight is 425 g/mol. The number of amides is 1. The van der Waals surface area contributed by atoms with Crippen LogP contribution < -0.4 is 9.64 Å². The Kier molecular flexibility index (Phi) is 6.70. The van der Waals surface area contributed by atoms with E-state index in [1.54, 1.807) is 14.2 Å². The summed E-state index contributed by atoms with van der Waals surface area (Å²) >= 11 is 0. The summed E-state index contributed by atoms with van der Waals surface area (Å²) < 4.78 is 10.3. The molecular formula is C24H32N4O3. The third-order valence-corrected chi connectivity index (χ3v) is 6.30. The first-order valence-electron chi connectivity index (χ1n) is 11.1. The van der Waals surface area contributed by atoms with Crippen molar-refractivity contribution in [3.8, 4) is 5.75 Å². The number of methoxy groups -OCH3 is 2. The van der Waals surface area contributed by atoms with Gasteiger partial charge in [0.05, 0.1) is 7.11 Å². The van der Waals surface area contributed by atoms with E-state index < -0.39 is 0 Å². The molecule has 0 aliphatic carbocycles. The normalized spacial score (nSPS) is 18.6. The molecule has 0 bridgehead atoms. The molecule has 0 radical (unpaired) electrons. The van der Waals surface area contributed by atoms with Crippen molar-refractivity contribution in [3.05, 3.63) is 46.9 Å². The molecule has 2 aliphatic heterocycles. The van der Waals surface area contributed by atoms with Crippen molar-refractivity contribution in [2.75, 3.05) is 45.4 Å². The Morgan fingerprint density at radius 2 is 1.94 bits per heavy atom. The second-order valence-electron chi connectivity index (χ2n) is 8.45. The predicted molar refractivity (Wildman–Crippen MR) is 120 cm³/mol. The van der Waals surface area contributed by atoms with Crippen LogP contribution in [0.15, 0.2) is 24.3 Å². The van der Waals surface area contributed by atoms with Gasteiger partial charge in [0.25, 0.3) is 0 Å². The van der Waals surface area contributed by atoms with Crippen LogP contribution in [0.2, 0.25) is 0 Å². The van der Waals surface area contributed by atoms with Crippen molar-refractivity contribution in [2.45, 2.75) is 45.1 Å². The van der Waals surface area contributed by atoms with Crippen molar-refractivity contribution >= 4 is 11.7 Å². The third kappa shape index (κ3) is 4.82. The van der Waals surface area contributed by atoms with Crippen LogP contribution in [-0.2, 0) is 22.5 Å². The van der Waals surface area contributed by atoms with E-state index in [-0.39, 0.29) is 18.4 Å². The van der Waals surface area contributed by atoms with Crippen LogP contribution in [0.3, 0.4) is 0 Å². The monoisotopic (exact) mass is 424 g/mol. The van der Waals surface area contributed by atoms with Gasteiger partial charge in [-0.25, -0.2) is 9.97 Å². The maximum atomic E-state index is 12.3. The van der Waals surface area contributed by atoms with E-state index in [0.29, 0.717) is 6.54 Å². The Bertz CT molecular complexity index is 916. The van der Waals surface area contributed by atoms with Crippen molar-refractivity contribution in [3.63, 3.8) is 0 Å². The number of nitrogens with zero attached hydrogens (tertiary/aromatic N) is 4. The summed E-state index contributed by atoms with van der Waals surface area (Å²) in [6, 6.07) is 8.24. The summed E-state index contributed by atoms with van der Waals surface area (Å²) in [7, 11) is 3.25. The number of piperidine rings is 1. The molecule has 3 heterocycles. The van der Waals surface area contributed by atoms with Gasteiger partial charge < -0.3 is 19.3 Å². The SMILES string of the molecule is COCC(=O)N1CCCC(c2nc(C)c3c(n2)N(Cc2ccc(OC)cc2)CCC3)C1. The van der Waals surface area contributed by atoms with Crippen molar-refractivity contribution in [2.24, 2.45) is 0 Å². The van der Waals surface area contributed by atoms with Gasteiger partial charge in [-0.1, -0.05) is 12.1 Å². The largest absolute Gasteiger partial charge is 0.497 e. The van der Waals surface area contributed by atoms with Crippen LogP contribution in [0.1, 0.15) is 47.8 Å². The molecule has 1 aromatic carbocycles. The Hall–Kier alpha value is -2.67. The lowest BCUT2D eigenvalue weighted by Crippen LogP contribution is -2.41. The lowest BCUT2D eigenvalue weighted by atomic mass is 9.96. The van der Waals surface area contributed by atoms with E-state index in [0.717, 1.165) is 68.4 Å². The lowest BCUT2D eigenvalue weighted by molar-refractivity contribution is -0.136. The smallest absolute Gasteiger partial charge is 0.248 e. The quantitative estimate of drug-likeness (QED) is 0.710. The maximum Gasteiger partial charge on any atom is 0.248 e. The van der Waals surface area contributed by atoms with Gasteiger partial charge in [-0.05, 0) is 50.3 Å². The van der Waals surface area contributed by atoms with Gasteiger partial charge >= 0.3 is 0 Å². The molecule has 1 atom stereocenters. The number of rotatable bonds is 6. The molecule has 0 saturated carbocycles. The Labute approximate surface area is 184 Å². The molecule has 2 aromatic rings. The van der Waals surface area contributed by atoms with Crippen LogP contribution in [-0.4, -0.2) is 61.2 Å². The molecule has 2 aliphatic rings. The summed E-state index contributed by atoms with van der Waals surface area (Å²) in [5.74, 6) is 3.01. The summed E-state index contributed by atoms with van der Waals surface area (Å²) in [4.78, 5) is 26.5. The van der Waals surface area contributed by atoms with Gasteiger partial charge in [0.15, 0.2) is 0 Å². The van der Waals surface area contributed by atoms with Crippen LogP contribution in [0.5, 0.6) is 5.75 Å². The Morgan fingerprint density at radius 3 is 2.68 bits per heavy atom. The van der Waals surface area contributed by atoms with E-state index in [4.69, 9.17) is 19.4 Å². The number of hydrogen-bond donors (Lipinski definition) is 0. The first kappa shape index (κ1) is 21.6. The van der Waals surface area contributed by atoms with Gasteiger partial charge in [-0.3, -0.25) is 4.79 Å². The minimum atomic E-state index is 0.0445. The third-order valence-electron chi connectivity index (χ3n) is 6.30. The topological polar surface area (TPSA) is 67.8 Å². The molecule has 1 aromatic heterocycles. The van der Waals surface area contributed by atoms with Gasteiger partial charge in [0.1, 0.15) is 24.0 Å². The first-order chi connectivity index (χ1) is 15.1. The number of fused-ring (bicyclic) bond motifs is 1. The number of hydrogen-bond acceptors (Lipinski definition) is 6. The number of benzene rings is 1. The predicted octanol–water partition coefficient (Wildman–Crippen LogP) is 3.10. The van der Waals surface area contributed by atoms with E-state index in [1.165, 1.54) is 11.1 Å². The molecular weight excluding hydrogens is 392 g/mol. The highest BCUT2D eigenvalue weighted by atomic mass is 16.5. The number of carbonyl (C=O) groups excluding carboxylic acids is 1. The van der Waals surface area contributed by atoms with E-state index >= 15 is 0 Å². The van der Waals surface area contributed by atoms with Crippen LogP contribution >= 0.6 is 0 Å². The van der Waals surface area contributed by atoms with Gasteiger partial charge in [-0.2, -0.15) is 0 Å². The van der Waals surface area contributed by atoms with Gasteiger partial charge in [0, 0.05) is 50.5 Å². The van der Waals surface area contributed by atoms with E-state index in [9.17, 15) is 4.79 Å². The summed E-state index contributed by atoms with van der Waals surface area (Å²) in [6.45, 7) is 5.48. The maximum absolute atomic E-state index is 12.3.